The minimum absolute atomic E-state index is 0.228. The van der Waals surface area contributed by atoms with Crippen molar-refractivity contribution in [3.8, 4) is 0 Å². The van der Waals surface area contributed by atoms with Gasteiger partial charge >= 0.3 is 5.97 Å². The summed E-state index contributed by atoms with van der Waals surface area (Å²) in [7, 11) is 2.14. The Bertz CT molecular complexity index is 1130. The van der Waals surface area contributed by atoms with Crippen molar-refractivity contribution in [2.24, 2.45) is 0 Å². The number of fused-ring (bicyclic) bond motifs is 1. The van der Waals surface area contributed by atoms with Gasteiger partial charge in [-0.05, 0) is 53.8 Å². The number of benzene rings is 2. The van der Waals surface area contributed by atoms with Crippen LogP contribution in [0.4, 0.5) is 5.69 Å². The lowest BCUT2D eigenvalue weighted by Gasteiger charge is -2.39. The third-order valence-corrected chi connectivity index (χ3v) is 6.47. The highest BCUT2D eigenvalue weighted by atomic mass is 16.4. The number of aryl methyl sites for hydroxylation is 1. The summed E-state index contributed by atoms with van der Waals surface area (Å²) in [6.07, 6.45) is 3.10. The molecule has 160 valence electrons. The van der Waals surface area contributed by atoms with E-state index in [1.165, 1.54) is 40.1 Å². The van der Waals surface area contributed by atoms with Crippen LogP contribution in [0.2, 0.25) is 0 Å². The third kappa shape index (κ3) is 3.59. The number of aromatic nitrogens is 1. The molecule has 5 nitrogen and oxygen atoms in total. The summed E-state index contributed by atoms with van der Waals surface area (Å²) in [6, 6.07) is 16.8. The molecule has 1 aliphatic heterocycles. The van der Waals surface area contributed by atoms with Crippen LogP contribution in [0.1, 0.15) is 57.9 Å². The topological polar surface area (TPSA) is 65.5 Å². The molecule has 4 rings (SSSR count). The Kier molecular flexibility index (Phi) is 5.54. The quantitative estimate of drug-likeness (QED) is 0.592. The van der Waals surface area contributed by atoms with Crippen molar-refractivity contribution in [3.63, 3.8) is 0 Å². The molecule has 3 aromatic rings. The monoisotopic (exact) mass is 415 g/mol. The number of likely N-dealkylation sites (N-methyl/N-ethyl adjacent to an activating group) is 1. The van der Waals surface area contributed by atoms with E-state index in [1.807, 2.05) is 0 Å². The van der Waals surface area contributed by atoms with E-state index in [4.69, 9.17) is 0 Å². The first-order valence-corrected chi connectivity index (χ1v) is 10.7. The highest BCUT2D eigenvalue weighted by Crippen LogP contribution is 2.45. The predicted octanol–water partition coefficient (Wildman–Crippen LogP) is 5.01. The number of nitrogens with zero attached hydrogens (tertiary/aromatic N) is 2. The molecule has 1 aromatic heterocycles. The normalized spacial score (nSPS) is 18.2. The maximum atomic E-state index is 11.7. The van der Waals surface area contributed by atoms with Gasteiger partial charge in [-0.3, -0.25) is 9.88 Å². The number of carbonyl (C=O) groups is 1. The molecule has 31 heavy (non-hydrogen) atoms. The number of pyridine rings is 1. The van der Waals surface area contributed by atoms with Crippen LogP contribution in [-0.4, -0.2) is 34.6 Å². The molecule has 2 aromatic carbocycles. The zero-order valence-electron chi connectivity index (χ0n) is 18.5. The fraction of sp³-hybridized carbons (Fsp3) is 0.308. The average molecular weight is 416 g/mol. The summed E-state index contributed by atoms with van der Waals surface area (Å²) < 4.78 is 0. The summed E-state index contributed by atoms with van der Waals surface area (Å²) in [5, 5.41) is 13.0. The van der Waals surface area contributed by atoms with Crippen LogP contribution in [0.15, 0.2) is 60.9 Å². The van der Waals surface area contributed by atoms with Crippen LogP contribution < -0.4 is 5.32 Å². The van der Waals surface area contributed by atoms with Gasteiger partial charge in [-0.15, -0.1) is 0 Å². The van der Waals surface area contributed by atoms with Gasteiger partial charge in [0.2, 0.25) is 0 Å². The van der Waals surface area contributed by atoms with Crippen LogP contribution in [0.3, 0.4) is 0 Å². The maximum Gasteiger partial charge on any atom is 0.337 e. The molecule has 0 spiro atoms. The Balaban J connectivity index is 1.84. The summed E-state index contributed by atoms with van der Waals surface area (Å²) in [4.78, 5) is 18.2. The second-order valence-electron chi connectivity index (χ2n) is 8.68. The fourth-order valence-corrected chi connectivity index (χ4v) is 4.79. The molecular formula is C26H29N3O2. The zero-order valence-corrected chi connectivity index (χ0v) is 18.5. The van der Waals surface area contributed by atoms with E-state index < -0.39 is 11.5 Å². The standard InChI is InChI=1S/C26H29N3O2/c1-17(2)19-9-10-22(18(3)13-19)26(23-8-6-5-7-20(23)15-29(26)4)16-28-24-14-27-12-11-21(24)25(30)31/h5-14,17,28H,15-16H2,1-4H3,(H,30,31). The van der Waals surface area contributed by atoms with Gasteiger partial charge in [-0.25, -0.2) is 4.79 Å². The van der Waals surface area contributed by atoms with Crippen LogP contribution in [0.25, 0.3) is 0 Å². The Morgan fingerprint density at radius 3 is 2.68 bits per heavy atom. The van der Waals surface area contributed by atoms with Gasteiger partial charge in [0.1, 0.15) is 0 Å². The van der Waals surface area contributed by atoms with E-state index in [2.05, 4.69) is 85.5 Å². The van der Waals surface area contributed by atoms with Crippen molar-refractivity contribution in [1.82, 2.24) is 9.88 Å². The number of nitrogens with one attached hydrogen (secondary N) is 1. The molecule has 1 aliphatic rings. The minimum atomic E-state index is -0.961. The van der Waals surface area contributed by atoms with E-state index in [-0.39, 0.29) is 5.56 Å². The van der Waals surface area contributed by atoms with Gasteiger partial charge in [-0.1, -0.05) is 56.3 Å². The van der Waals surface area contributed by atoms with Gasteiger partial charge in [0, 0.05) is 19.3 Å². The van der Waals surface area contributed by atoms with Crippen LogP contribution >= 0.6 is 0 Å². The minimum Gasteiger partial charge on any atom is -0.478 e. The van der Waals surface area contributed by atoms with Gasteiger partial charge in [-0.2, -0.15) is 0 Å². The predicted molar refractivity (Wildman–Crippen MR) is 124 cm³/mol. The molecule has 0 fully saturated rings. The van der Waals surface area contributed by atoms with Gasteiger partial charge in [0.05, 0.1) is 23.0 Å². The fourth-order valence-electron chi connectivity index (χ4n) is 4.79. The van der Waals surface area contributed by atoms with Crippen molar-refractivity contribution < 1.29 is 9.90 Å². The number of rotatable bonds is 6. The molecule has 0 saturated carbocycles. The van der Waals surface area contributed by atoms with Crippen molar-refractivity contribution >= 4 is 11.7 Å². The first-order chi connectivity index (χ1) is 14.8. The Morgan fingerprint density at radius 2 is 1.97 bits per heavy atom. The Hall–Kier alpha value is -3.18. The third-order valence-electron chi connectivity index (χ3n) is 6.47. The van der Waals surface area contributed by atoms with E-state index >= 15 is 0 Å². The summed E-state index contributed by atoms with van der Waals surface area (Å²) in [5.41, 5.74) is 6.68. The SMILES string of the molecule is Cc1cc(C(C)C)ccc1C1(CNc2cnccc2C(=O)O)c2ccccc2CN1C. The number of hydrogen-bond acceptors (Lipinski definition) is 4. The lowest BCUT2D eigenvalue weighted by Crippen LogP contribution is -2.46. The van der Waals surface area contributed by atoms with E-state index in [0.717, 1.165) is 6.54 Å². The molecule has 1 unspecified atom stereocenters. The number of anilines is 1. The average Bonchev–Trinajstić information content (AvgIpc) is 3.04. The Labute approximate surface area is 183 Å². The van der Waals surface area contributed by atoms with Gasteiger partial charge < -0.3 is 10.4 Å². The van der Waals surface area contributed by atoms with Crippen LogP contribution in [0.5, 0.6) is 0 Å². The molecule has 0 amide bonds. The van der Waals surface area contributed by atoms with Crippen LogP contribution in [0, 0.1) is 6.92 Å². The van der Waals surface area contributed by atoms with E-state index in [9.17, 15) is 9.90 Å². The van der Waals surface area contributed by atoms with E-state index in [0.29, 0.717) is 18.2 Å². The lowest BCUT2D eigenvalue weighted by atomic mass is 9.79. The first-order valence-electron chi connectivity index (χ1n) is 10.7. The van der Waals surface area contributed by atoms with Gasteiger partial charge in [0.25, 0.3) is 0 Å². The molecule has 5 heteroatoms. The summed E-state index contributed by atoms with van der Waals surface area (Å²) in [5.74, 6) is -0.500. The highest BCUT2D eigenvalue weighted by Gasteiger charge is 2.45. The van der Waals surface area contributed by atoms with Crippen molar-refractivity contribution in [2.45, 2.75) is 38.8 Å². The van der Waals surface area contributed by atoms with Crippen molar-refractivity contribution in [1.29, 1.82) is 0 Å². The number of carboxylic acids is 1. The van der Waals surface area contributed by atoms with Crippen LogP contribution in [-0.2, 0) is 12.1 Å². The molecule has 1 atom stereocenters. The highest BCUT2D eigenvalue weighted by molar-refractivity contribution is 5.93. The van der Waals surface area contributed by atoms with Crippen molar-refractivity contribution in [3.05, 3.63) is 94.3 Å². The molecule has 0 radical (unpaired) electrons. The Morgan fingerprint density at radius 1 is 1.19 bits per heavy atom. The zero-order chi connectivity index (χ0) is 22.2. The second kappa shape index (κ2) is 8.16. The number of carboxylic acid groups (broad SMARTS) is 1. The van der Waals surface area contributed by atoms with Crippen molar-refractivity contribution in [2.75, 3.05) is 18.9 Å². The summed E-state index contributed by atoms with van der Waals surface area (Å²) >= 11 is 0. The molecule has 2 N–H and O–H groups in total. The first kappa shape index (κ1) is 21.1. The summed E-state index contributed by atoms with van der Waals surface area (Å²) in [6.45, 7) is 7.96. The molecule has 0 bridgehead atoms. The van der Waals surface area contributed by atoms with E-state index in [1.54, 1.807) is 6.20 Å². The maximum absolute atomic E-state index is 11.7. The molecular weight excluding hydrogens is 386 g/mol. The number of hydrogen-bond donors (Lipinski definition) is 2. The second-order valence-corrected chi connectivity index (χ2v) is 8.68. The van der Waals surface area contributed by atoms with Gasteiger partial charge in [0.15, 0.2) is 0 Å². The lowest BCUT2D eigenvalue weighted by molar-refractivity contribution is 0.0697. The molecule has 0 saturated heterocycles. The molecule has 2 heterocycles. The molecule has 0 aliphatic carbocycles. The number of aromatic carboxylic acids is 1. The smallest absolute Gasteiger partial charge is 0.337 e. The largest absolute Gasteiger partial charge is 0.478 e.